The van der Waals surface area contributed by atoms with Crippen molar-refractivity contribution in [3.05, 3.63) is 29.8 Å². The lowest BCUT2D eigenvalue weighted by Gasteiger charge is -2.24. The second-order valence-electron chi connectivity index (χ2n) is 6.11. The Morgan fingerprint density at radius 3 is 2.76 bits per heavy atom. The van der Waals surface area contributed by atoms with E-state index < -0.39 is 0 Å². The predicted octanol–water partition coefficient (Wildman–Crippen LogP) is 1.98. The zero-order chi connectivity index (χ0) is 14.7. The van der Waals surface area contributed by atoms with Gasteiger partial charge in [0.2, 0.25) is 5.91 Å². The Hall–Kier alpha value is -1.55. The maximum atomic E-state index is 12.4. The molecule has 2 saturated heterocycles. The molecule has 1 aromatic rings. The molecule has 0 aromatic heterocycles. The molecule has 0 saturated carbocycles. The number of rotatable bonds is 4. The highest BCUT2D eigenvalue weighted by Gasteiger charge is 2.30. The molecule has 2 atom stereocenters. The van der Waals surface area contributed by atoms with Crippen LogP contribution in [0.25, 0.3) is 0 Å². The summed E-state index contributed by atoms with van der Waals surface area (Å²) in [6.45, 7) is 1.80. The zero-order valence-electron chi connectivity index (χ0n) is 12.7. The fourth-order valence-corrected chi connectivity index (χ4v) is 3.37. The van der Waals surface area contributed by atoms with E-state index in [4.69, 9.17) is 4.74 Å². The number of ether oxygens (including phenoxy) is 1. The van der Waals surface area contributed by atoms with Crippen LogP contribution >= 0.6 is 0 Å². The van der Waals surface area contributed by atoms with E-state index in [0.717, 1.165) is 31.7 Å². The van der Waals surface area contributed by atoms with E-state index in [-0.39, 0.29) is 0 Å². The van der Waals surface area contributed by atoms with Gasteiger partial charge in [0.25, 0.3) is 0 Å². The fraction of sp³-hybridized carbons (Fsp3) is 0.588. The summed E-state index contributed by atoms with van der Waals surface area (Å²) in [6, 6.07) is 9.14. The van der Waals surface area contributed by atoms with Gasteiger partial charge in [-0.05, 0) is 43.4 Å². The lowest BCUT2D eigenvalue weighted by atomic mass is 10.1. The quantitative estimate of drug-likeness (QED) is 0.921. The number of nitrogens with zero attached hydrogens (tertiary/aromatic N) is 1. The molecule has 1 amide bonds. The van der Waals surface area contributed by atoms with Crippen molar-refractivity contribution in [2.45, 2.75) is 44.2 Å². The highest BCUT2D eigenvalue weighted by molar-refractivity contribution is 5.76. The van der Waals surface area contributed by atoms with Crippen LogP contribution < -0.4 is 10.1 Å². The molecule has 2 bridgehead atoms. The Bertz CT molecular complexity index is 486. The van der Waals surface area contributed by atoms with Gasteiger partial charge in [-0.3, -0.25) is 4.79 Å². The molecule has 2 aliphatic heterocycles. The number of fused-ring (bicyclic) bond motifs is 2. The Kier molecular flexibility index (Phi) is 4.44. The largest absolute Gasteiger partial charge is 0.497 e. The number of hydrogen-bond acceptors (Lipinski definition) is 3. The maximum Gasteiger partial charge on any atom is 0.222 e. The number of nitrogens with one attached hydrogen (secondary N) is 1. The Morgan fingerprint density at radius 1 is 1.24 bits per heavy atom. The number of likely N-dealkylation sites (tertiary alicyclic amines) is 1. The van der Waals surface area contributed by atoms with Gasteiger partial charge < -0.3 is 15.0 Å². The molecule has 2 heterocycles. The number of aryl methyl sites for hydroxylation is 1. The number of benzene rings is 1. The minimum atomic E-state index is 0.292. The molecule has 2 aliphatic rings. The first-order chi connectivity index (χ1) is 10.2. The Balaban J connectivity index is 1.51. The molecular formula is C17H24N2O2. The van der Waals surface area contributed by atoms with Crippen LogP contribution in [0.5, 0.6) is 5.75 Å². The summed E-state index contributed by atoms with van der Waals surface area (Å²) >= 11 is 0. The number of carbonyl (C=O) groups excluding carboxylic acids is 1. The number of amides is 1. The van der Waals surface area contributed by atoms with Crippen molar-refractivity contribution < 1.29 is 9.53 Å². The minimum Gasteiger partial charge on any atom is -0.497 e. The third-order valence-electron chi connectivity index (χ3n) is 4.66. The monoisotopic (exact) mass is 288 g/mol. The Morgan fingerprint density at radius 2 is 2.00 bits per heavy atom. The summed E-state index contributed by atoms with van der Waals surface area (Å²) in [6.07, 6.45) is 5.00. The van der Waals surface area contributed by atoms with Gasteiger partial charge >= 0.3 is 0 Å². The molecule has 2 fully saturated rings. The maximum absolute atomic E-state index is 12.4. The predicted molar refractivity (Wildman–Crippen MR) is 82.5 cm³/mol. The van der Waals surface area contributed by atoms with Crippen LogP contribution in [-0.4, -0.2) is 43.1 Å². The molecule has 3 rings (SSSR count). The summed E-state index contributed by atoms with van der Waals surface area (Å²) < 4.78 is 5.15. The molecule has 0 radical (unpaired) electrons. The van der Waals surface area contributed by atoms with E-state index in [1.807, 2.05) is 24.3 Å². The molecule has 4 heteroatoms. The van der Waals surface area contributed by atoms with Gasteiger partial charge in [0.15, 0.2) is 0 Å². The van der Waals surface area contributed by atoms with Gasteiger partial charge in [-0.25, -0.2) is 0 Å². The molecule has 0 aliphatic carbocycles. The first kappa shape index (κ1) is 14.4. The standard InChI is InChI=1S/C17H24N2O2/c1-21-16-7-2-13(3-8-16)4-9-17(20)19-11-10-14-5-6-15(12-19)18-14/h2-3,7-8,14-15,18H,4-6,9-12H2,1H3. The molecule has 0 spiro atoms. The van der Waals surface area contributed by atoms with E-state index in [0.29, 0.717) is 24.4 Å². The van der Waals surface area contributed by atoms with Gasteiger partial charge in [0.1, 0.15) is 5.75 Å². The number of methoxy groups -OCH3 is 1. The molecule has 1 aromatic carbocycles. The lowest BCUT2D eigenvalue weighted by molar-refractivity contribution is -0.131. The number of carbonyl (C=O) groups is 1. The second kappa shape index (κ2) is 6.48. The average molecular weight is 288 g/mol. The highest BCUT2D eigenvalue weighted by Crippen LogP contribution is 2.21. The van der Waals surface area contributed by atoms with Crippen molar-refractivity contribution in [2.24, 2.45) is 0 Å². The smallest absolute Gasteiger partial charge is 0.222 e. The van der Waals surface area contributed by atoms with E-state index in [1.54, 1.807) is 7.11 Å². The third kappa shape index (κ3) is 3.56. The average Bonchev–Trinajstić information content (AvgIpc) is 2.84. The summed E-state index contributed by atoms with van der Waals surface area (Å²) in [5.41, 5.74) is 1.19. The topological polar surface area (TPSA) is 41.6 Å². The van der Waals surface area contributed by atoms with E-state index >= 15 is 0 Å². The summed E-state index contributed by atoms with van der Waals surface area (Å²) in [5, 5.41) is 3.62. The van der Waals surface area contributed by atoms with Gasteiger partial charge in [-0.2, -0.15) is 0 Å². The molecule has 4 nitrogen and oxygen atoms in total. The highest BCUT2D eigenvalue weighted by atomic mass is 16.5. The minimum absolute atomic E-state index is 0.292. The van der Waals surface area contributed by atoms with Crippen LogP contribution in [0.3, 0.4) is 0 Å². The van der Waals surface area contributed by atoms with E-state index in [2.05, 4.69) is 10.2 Å². The lowest BCUT2D eigenvalue weighted by Crippen LogP contribution is -2.39. The fourth-order valence-electron chi connectivity index (χ4n) is 3.37. The van der Waals surface area contributed by atoms with Gasteiger partial charge in [0, 0.05) is 31.6 Å². The summed E-state index contributed by atoms with van der Waals surface area (Å²) in [5.74, 6) is 1.15. The van der Waals surface area contributed by atoms with Crippen LogP contribution in [0, 0.1) is 0 Å². The normalized spacial score (nSPS) is 24.7. The van der Waals surface area contributed by atoms with Crippen molar-refractivity contribution in [3.8, 4) is 5.75 Å². The van der Waals surface area contributed by atoms with Crippen LogP contribution in [-0.2, 0) is 11.2 Å². The van der Waals surface area contributed by atoms with Crippen LogP contribution in [0.15, 0.2) is 24.3 Å². The van der Waals surface area contributed by atoms with Crippen LogP contribution in [0.1, 0.15) is 31.2 Å². The number of hydrogen-bond donors (Lipinski definition) is 1. The first-order valence-electron chi connectivity index (χ1n) is 7.91. The van der Waals surface area contributed by atoms with E-state index in [1.165, 1.54) is 18.4 Å². The molecule has 21 heavy (non-hydrogen) atoms. The second-order valence-corrected chi connectivity index (χ2v) is 6.11. The molecule has 1 N–H and O–H groups in total. The summed E-state index contributed by atoms with van der Waals surface area (Å²) in [4.78, 5) is 14.5. The van der Waals surface area contributed by atoms with Crippen molar-refractivity contribution >= 4 is 5.91 Å². The van der Waals surface area contributed by atoms with Crippen molar-refractivity contribution in [3.63, 3.8) is 0 Å². The zero-order valence-corrected chi connectivity index (χ0v) is 12.7. The molecule has 114 valence electrons. The van der Waals surface area contributed by atoms with Crippen molar-refractivity contribution in [1.29, 1.82) is 0 Å². The van der Waals surface area contributed by atoms with Crippen molar-refractivity contribution in [1.82, 2.24) is 10.2 Å². The van der Waals surface area contributed by atoms with Gasteiger partial charge in [-0.1, -0.05) is 12.1 Å². The van der Waals surface area contributed by atoms with E-state index in [9.17, 15) is 4.79 Å². The summed E-state index contributed by atoms with van der Waals surface area (Å²) in [7, 11) is 1.67. The third-order valence-corrected chi connectivity index (χ3v) is 4.66. The van der Waals surface area contributed by atoms with Gasteiger partial charge in [0.05, 0.1) is 7.11 Å². The molecule has 2 unspecified atom stereocenters. The van der Waals surface area contributed by atoms with Crippen molar-refractivity contribution in [2.75, 3.05) is 20.2 Å². The first-order valence-corrected chi connectivity index (χ1v) is 7.91. The van der Waals surface area contributed by atoms with Gasteiger partial charge in [-0.15, -0.1) is 0 Å². The van der Waals surface area contributed by atoms with Crippen LogP contribution in [0.4, 0.5) is 0 Å². The molecular weight excluding hydrogens is 264 g/mol. The SMILES string of the molecule is COc1ccc(CCC(=O)N2CCC3CCC(C2)N3)cc1. The van der Waals surface area contributed by atoms with Crippen LogP contribution in [0.2, 0.25) is 0 Å². The Labute approximate surface area is 126 Å².